The van der Waals surface area contributed by atoms with Gasteiger partial charge in [0, 0.05) is 15.7 Å². The zero-order chi connectivity index (χ0) is 14.0. The number of rotatable bonds is 2. The first-order valence-electron chi connectivity index (χ1n) is 5.60. The molecule has 0 aliphatic heterocycles. The molecular formula is C14H12BrFN2O. The van der Waals surface area contributed by atoms with E-state index in [-0.39, 0.29) is 11.7 Å². The molecule has 2 rings (SSSR count). The molecule has 0 aromatic heterocycles. The lowest BCUT2D eigenvalue weighted by molar-refractivity contribution is 0.102. The second-order valence-corrected chi connectivity index (χ2v) is 5.00. The highest BCUT2D eigenvalue weighted by Crippen LogP contribution is 2.24. The van der Waals surface area contributed by atoms with Crippen molar-refractivity contribution in [2.24, 2.45) is 0 Å². The van der Waals surface area contributed by atoms with Gasteiger partial charge in [-0.05, 0) is 64.8 Å². The van der Waals surface area contributed by atoms with Crippen LogP contribution in [0.25, 0.3) is 0 Å². The number of benzene rings is 2. The minimum Gasteiger partial charge on any atom is -0.399 e. The van der Waals surface area contributed by atoms with Crippen molar-refractivity contribution in [1.29, 1.82) is 0 Å². The Hall–Kier alpha value is -1.88. The highest BCUT2D eigenvalue weighted by Gasteiger charge is 2.09. The summed E-state index contributed by atoms with van der Waals surface area (Å²) in [4.78, 5) is 12.0. The highest BCUT2D eigenvalue weighted by molar-refractivity contribution is 9.10. The largest absolute Gasteiger partial charge is 0.399 e. The Labute approximate surface area is 118 Å². The number of aryl methyl sites for hydroxylation is 1. The quantitative estimate of drug-likeness (QED) is 0.828. The third kappa shape index (κ3) is 3.12. The molecule has 0 saturated heterocycles. The lowest BCUT2D eigenvalue weighted by atomic mass is 10.1. The van der Waals surface area contributed by atoms with Crippen molar-refractivity contribution < 1.29 is 9.18 Å². The van der Waals surface area contributed by atoms with Gasteiger partial charge in [-0.3, -0.25) is 4.79 Å². The minimum atomic E-state index is -0.367. The van der Waals surface area contributed by atoms with Gasteiger partial charge >= 0.3 is 0 Å². The topological polar surface area (TPSA) is 55.1 Å². The van der Waals surface area contributed by atoms with Crippen molar-refractivity contribution >= 4 is 33.2 Å². The van der Waals surface area contributed by atoms with Crippen LogP contribution in [0.4, 0.5) is 15.8 Å². The van der Waals surface area contributed by atoms with Gasteiger partial charge in [0.25, 0.3) is 5.91 Å². The summed E-state index contributed by atoms with van der Waals surface area (Å²) < 4.78 is 13.4. The maximum atomic E-state index is 12.9. The molecule has 2 aromatic carbocycles. The fourth-order valence-corrected chi connectivity index (χ4v) is 2.05. The van der Waals surface area contributed by atoms with E-state index in [9.17, 15) is 9.18 Å². The van der Waals surface area contributed by atoms with E-state index < -0.39 is 0 Å². The molecule has 0 aliphatic carbocycles. The van der Waals surface area contributed by atoms with E-state index >= 15 is 0 Å². The van der Waals surface area contributed by atoms with Crippen LogP contribution in [-0.2, 0) is 0 Å². The lowest BCUT2D eigenvalue weighted by Crippen LogP contribution is -2.12. The molecule has 98 valence electrons. The second kappa shape index (κ2) is 5.40. The van der Waals surface area contributed by atoms with E-state index in [2.05, 4.69) is 21.2 Å². The number of carbonyl (C=O) groups is 1. The number of hydrogen-bond acceptors (Lipinski definition) is 2. The molecule has 19 heavy (non-hydrogen) atoms. The lowest BCUT2D eigenvalue weighted by Gasteiger charge is -2.08. The Balaban J connectivity index is 2.23. The number of anilines is 2. The summed E-state index contributed by atoms with van der Waals surface area (Å²) in [6.07, 6.45) is 0. The van der Waals surface area contributed by atoms with Crippen LogP contribution in [0.1, 0.15) is 15.9 Å². The third-order valence-electron chi connectivity index (χ3n) is 2.71. The number of nitrogens with one attached hydrogen (secondary N) is 1. The van der Waals surface area contributed by atoms with Crippen LogP contribution in [0.3, 0.4) is 0 Å². The standard InChI is InChI=1S/C14H12BrFN2O/c1-8-6-9(2-4-12(8)17)14(19)18-13-5-3-10(16)7-11(13)15/h2-7H,17H2,1H3,(H,18,19). The van der Waals surface area contributed by atoms with Gasteiger partial charge in [0.1, 0.15) is 5.82 Å². The summed E-state index contributed by atoms with van der Waals surface area (Å²) >= 11 is 3.20. The second-order valence-electron chi connectivity index (χ2n) is 4.15. The van der Waals surface area contributed by atoms with Crippen LogP contribution >= 0.6 is 15.9 Å². The maximum Gasteiger partial charge on any atom is 0.255 e. The first-order valence-corrected chi connectivity index (χ1v) is 6.39. The molecule has 0 saturated carbocycles. The Morgan fingerprint density at radius 2 is 2.00 bits per heavy atom. The van der Waals surface area contributed by atoms with Gasteiger partial charge in [0.2, 0.25) is 0 Å². The van der Waals surface area contributed by atoms with Crippen molar-refractivity contribution in [3.05, 3.63) is 57.8 Å². The van der Waals surface area contributed by atoms with Crippen LogP contribution < -0.4 is 11.1 Å². The number of halogens is 2. The summed E-state index contributed by atoms with van der Waals surface area (Å²) in [7, 11) is 0. The Morgan fingerprint density at radius 3 is 2.63 bits per heavy atom. The van der Waals surface area contributed by atoms with Gasteiger partial charge in [-0.25, -0.2) is 4.39 Å². The fourth-order valence-electron chi connectivity index (χ4n) is 1.60. The molecule has 3 nitrogen and oxygen atoms in total. The van der Waals surface area contributed by atoms with Crippen molar-refractivity contribution in [3.63, 3.8) is 0 Å². The number of nitrogens with two attached hydrogens (primary N) is 1. The summed E-state index contributed by atoms with van der Waals surface area (Å²) in [6.45, 7) is 1.83. The zero-order valence-corrected chi connectivity index (χ0v) is 11.8. The van der Waals surface area contributed by atoms with Gasteiger partial charge in [-0.2, -0.15) is 0 Å². The average molecular weight is 323 g/mol. The SMILES string of the molecule is Cc1cc(C(=O)Nc2ccc(F)cc2Br)ccc1N. The first-order chi connectivity index (χ1) is 8.97. The summed E-state index contributed by atoms with van der Waals surface area (Å²) in [6, 6.07) is 9.13. The van der Waals surface area contributed by atoms with Gasteiger partial charge in [0.15, 0.2) is 0 Å². The molecule has 2 aromatic rings. The van der Waals surface area contributed by atoms with E-state index in [1.54, 1.807) is 18.2 Å². The Bertz CT molecular complexity index is 643. The van der Waals surface area contributed by atoms with Gasteiger partial charge in [-0.1, -0.05) is 0 Å². The first kappa shape index (κ1) is 13.5. The Morgan fingerprint density at radius 1 is 1.26 bits per heavy atom. The molecule has 0 unspecified atom stereocenters. The molecule has 0 fully saturated rings. The van der Waals surface area contributed by atoms with E-state index in [1.807, 2.05) is 6.92 Å². The molecule has 0 atom stereocenters. The van der Waals surface area contributed by atoms with E-state index in [0.717, 1.165) is 5.56 Å². The summed E-state index contributed by atoms with van der Waals surface area (Å²) in [5.41, 5.74) is 8.20. The molecule has 0 aliphatic rings. The van der Waals surface area contributed by atoms with Crippen LogP contribution in [0.2, 0.25) is 0 Å². The molecule has 0 heterocycles. The van der Waals surface area contributed by atoms with Crippen LogP contribution in [0.5, 0.6) is 0 Å². The van der Waals surface area contributed by atoms with Gasteiger partial charge in [0.05, 0.1) is 5.69 Å². The van der Waals surface area contributed by atoms with Gasteiger partial charge < -0.3 is 11.1 Å². The number of hydrogen-bond donors (Lipinski definition) is 2. The van der Waals surface area contributed by atoms with Crippen molar-refractivity contribution in [3.8, 4) is 0 Å². The van der Waals surface area contributed by atoms with Crippen molar-refractivity contribution in [1.82, 2.24) is 0 Å². The van der Waals surface area contributed by atoms with E-state index in [0.29, 0.717) is 21.4 Å². The molecular weight excluding hydrogens is 311 g/mol. The zero-order valence-electron chi connectivity index (χ0n) is 10.2. The predicted molar refractivity (Wildman–Crippen MR) is 77.6 cm³/mol. The Kier molecular flexibility index (Phi) is 3.85. The smallest absolute Gasteiger partial charge is 0.255 e. The van der Waals surface area contributed by atoms with Crippen LogP contribution in [-0.4, -0.2) is 5.91 Å². The summed E-state index contributed by atoms with van der Waals surface area (Å²) in [5.74, 6) is -0.636. The number of nitrogen functional groups attached to an aromatic ring is 1. The normalized spacial score (nSPS) is 10.3. The number of carbonyl (C=O) groups excluding carboxylic acids is 1. The van der Waals surface area contributed by atoms with E-state index in [1.165, 1.54) is 18.2 Å². The fraction of sp³-hybridized carbons (Fsp3) is 0.0714. The van der Waals surface area contributed by atoms with Crippen LogP contribution in [0, 0.1) is 12.7 Å². The van der Waals surface area contributed by atoms with Crippen molar-refractivity contribution in [2.75, 3.05) is 11.1 Å². The third-order valence-corrected chi connectivity index (χ3v) is 3.37. The van der Waals surface area contributed by atoms with Crippen molar-refractivity contribution in [2.45, 2.75) is 6.92 Å². The highest BCUT2D eigenvalue weighted by atomic mass is 79.9. The van der Waals surface area contributed by atoms with E-state index in [4.69, 9.17) is 5.73 Å². The minimum absolute atomic E-state index is 0.268. The molecule has 0 bridgehead atoms. The van der Waals surface area contributed by atoms with Crippen LogP contribution in [0.15, 0.2) is 40.9 Å². The molecule has 5 heteroatoms. The molecule has 0 radical (unpaired) electrons. The molecule has 3 N–H and O–H groups in total. The summed E-state index contributed by atoms with van der Waals surface area (Å²) in [5, 5.41) is 2.71. The maximum absolute atomic E-state index is 12.9. The molecule has 1 amide bonds. The van der Waals surface area contributed by atoms with Gasteiger partial charge in [-0.15, -0.1) is 0 Å². The predicted octanol–water partition coefficient (Wildman–Crippen LogP) is 3.73. The average Bonchev–Trinajstić information content (AvgIpc) is 2.36. The molecule has 0 spiro atoms. The number of amides is 1. The monoisotopic (exact) mass is 322 g/mol.